The molecule has 0 unspecified atom stereocenters. The molecular formula is C12H13ClFNO3. The summed E-state index contributed by atoms with van der Waals surface area (Å²) in [6.07, 6.45) is -0.150. The third-order valence-electron chi connectivity index (χ3n) is 2.10. The molecule has 0 fully saturated rings. The number of amides is 1. The lowest BCUT2D eigenvalue weighted by Gasteiger charge is -2.06. The van der Waals surface area contributed by atoms with Crippen LogP contribution in [0.3, 0.4) is 0 Å². The molecule has 0 aliphatic heterocycles. The number of hydrogen-bond donors (Lipinski definition) is 1. The predicted molar refractivity (Wildman–Crippen MR) is 64.8 cm³/mol. The van der Waals surface area contributed by atoms with Gasteiger partial charge in [-0.1, -0.05) is 17.7 Å². The molecule has 0 aliphatic carbocycles. The van der Waals surface area contributed by atoms with Crippen LogP contribution in [0.25, 0.3) is 0 Å². The van der Waals surface area contributed by atoms with Gasteiger partial charge in [0.05, 0.1) is 13.0 Å². The highest BCUT2D eigenvalue weighted by Crippen LogP contribution is 2.14. The zero-order valence-corrected chi connectivity index (χ0v) is 10.6. The Morgan fingerprint density at radius 2 is 2.17 bits per heavy atom. The molecule has 98 valence electrons. The van der Waals surface area contributed by atoms with E-state index in [2.05, 4.69) is 10.1 Å². The molecule has 1 N–H and O–H groups in total. The van der Waals surface area contributed by atoms with E-state index < -0.39 is 17.7 Å². The van der Waals surface area contributed by atoms with Gasteiger partial charge in [-0.15, -0.1) is 0 Å². The summed E-state index contributed by atoms with van der Waals surface area (Å²) in [5.41, 5.74) is 0.223. The van der Waals surface area contributed by atoms with E-state index in [-0.39, 0.29) is 30.2 Å². The van der Waals surface area contributed by atoms with E-state index in [1.807, 2.05) is 0 Å². The highest BCUT2D eigenvalue weighted by Gasteiger charge is 2.10. The Kier molecular flexibility index (Phi) is 5.58. The van der Waals surface area contributed by atoms with E-state index in [4.69, 9.17) is 11.6 Å². The molecule has 4 nitrogen and oxygen atoms in total. The summed E-state index contributed by atoms with van der Waals surface area (Å²) < 4.78 is 18.0. The molecule has 1 rings (SSSR count). The maximum atomic E-state index is 13.4. The first kappa shape index (κ1) is 14.4. The summed E-state index contributed by atoms with van der Waals surface area (Å²) in [5.74, 6) is -1.53. The van der Waals surface area contributed by atoms with Gasteiger partial charge in [0.15, 0.2) is 0 Å². The van der Waals surface area contributed by atoms with Crippen LogP contribution < -0.4 is 5.32 Å². The summed E-state index contributed by atoms with van der Waals surface area (Å²) in [6.45, 7) is 1.70. The Hall–Kier alpha value is -1.62. The van der Waals surface area contributed by atoms with Gasteiger partial charge >= 0.3 is 5.97 Å². The third kappa shape index (κ3) is 4.71. The van der Waals surface area contributed by atoms with E-state index in [1.165, 1.54) is 12.1 Å². The Balaban J connectivity index is 2.47. The van der Waals surface area contributed by atoms with Crippen LogP contribution in [0.2, 0.25) is 5.02 Å². The van der Waals surface area contributed by atoms with Crippen molar-refractivity contribution in [3.63, 3.8) is 0 Å². The number of benzene rings is 1. The summed E-state index contributed by atoms with van der Waals surface area (Å²) in [7, 11) is 0. The van der Waals surface area contributed by atoms with Crippen molar-refractivity contribution in [2.75, 3.05) is 13.2 Å². The number of esters is 1. The Labute approximate surface area is 109 Å². The maximum absolute atomic E-state index is 13.4. The molecule has 0 heterocycles. The SMILES string of the molecule is CCOC(=O)CNC(=O)Cc1ccc(Cl)cc1F. The number of ether oxygens (including phenoxy) is 1. The lowest BCUT2D eigenvalue weighted by molar-refractivity contribution is -0.143. The minimum atomic E-state index is -0.547. The fraction of sp³-hybridized carbons (Fsp3) is 0.333. The molecule has 0 bridgehead atoms. The van der Waals surface area contributed by atoms with Gasteiger partial charge in [-0.05, 0) is 24.6 Å². The van der Waals surface area contributed by atoms with Crippen LogP contribution in [0, 0.1) is 5.82 Å². The van der Waals surface area contributed by atoms with E-state index in [0.29, 0.717) is 0 Å². The molecule has 1 aromatic carbocycles. The Morgan fingerprint density at radius 3 is 2.78 bits per heavy atom. The zero-order chi connectivity index (χ0) is 13.5. The van der Waals surface area contributed by atoms with E-state index in [9.17, 15) is 14.0 Å². The normalized spacial score (nSPS) is 9.94. The van der Waals surface area contributed by atoms with Crippen molar-refractivity contribution >= 4 is 23.5 Å². The minimum Gasteiger partial charge on any atom is -0.465 e. The number of hydrogen-bond acceptors (Lipinski definition) is 3. The molecule has 6 heteroatoms. The predicted octanol–water partition coefficient (Wildman–Crippen LogP) is 1.70. The van der Waals surface area contributed by atoms with Gasteiger partial charge < -0.3 is 10.1 Å². The molecular weight excluding hydrogens is 261 g/mol. The molecule has 0 aliphatic rings. The number of rotatable bonds is 5. The van der Waals surface area contributed by atoms with Gasteiger partial charge in [-0.25, -0.2) is 4.39 Å². The lowest BCUT2D eigenvalue weighted by Crippen LogP contribution is -2.31. The van der Waals surface area contributed by atoms with Gasteiger partial charge in [-0.3, -0.25) is 9.59 Å². The van der Waals surface area contributed by atoms with Crippen molar-refractivity contribution in [2.24, 2.45) is 0 Å². The zero-order valence-electron chi connectivity index (χ0n) is 9.83. The number of nitrogens with one attached hydrogen (secondary N) is 1. The molecule has 0 saturated carbocycles. The van der Waals surface area contributed by atoms with Crippen LogP contribution >= 0.6 is 11.6 Å². The van der Waals surface area contributed by atoms with Crippen molar-refractivity contribution < 1.29 is 18.7 Å². The van der Waals surface area contributed by atoms with Gasteiger partial charge in [0.1, 0.15) is 12.4 Å². The number of carbonyl (C=O) groups is 2. The molecule has 0 spiro atoms. The molecule has 18 heavy (non-hydrogen) atoms. The van der Waals surface area contributed by atoms with Crippen molar-refractivity contribution in [2.45, 2.75) is 13.3 Å². The van der Waals surface area contributed by atoms with Gasteiger partial charge in [-0.2, -0.15) is 0 Å². The Morgan fingerprint density at radius 1 is 1.44 bits per heavy atom. The maximum Gasteiger partial charge on any atom is 0.325 e. The van der Waals surface area contributed by atoms with Gasteiger partial charge in [0, 0.05) is 5.02 Å². The molecule has 0 aromatic heterocycles. The van der Waals surface area contributed by atoms with Crippen molar-refractivity contribution in [1.82, 2.24) is 5.32 Å². The molecule has 0 radical (unpaired) electrons. The topological polar surface area (TPSA) is 55.4 Å². The first-order chi connectivity index (χ1) is 8.52. The summed E-state index contributed by atoms with van der Waals surface area (Å²) >= 11 is 5.59. The Bertz CT molecular complexity index is 451. The first-order valence-electron chi connectivity index (χ1n) is 5.39. The van der Waals surface area contributed by atoms with E-state index >= 15 is 0 Å². The molecule has 0 saturated heterocycles. The van der Waals surface area contributed by atoms with Crippen LogP contribution in [0.1, 0.15) is 12.5 Å². The lowest BCUT2D eigenvalue weighted by atomic mass is 10.1. The smallest absolute Gasteiger partial charge is 0.325 e. The van der Waals surface area contributed by atoms with Crippen LogP contribution in [-0.2, 0) is 20.7 Å². The van der Waals surface area contributed by atoms with Gasteiger partial charge in [0.25, 0.3) is 0 Å². The summed E-state index contributed by atoms with van der Waals surface area (Å²) in [6, 6.07) is 4.07. The average molecular weight is 274 g/mol. The van der Waals surface area contributed by atoms with E-state index in [0.717, 1.165) is 6.07 Å². The minimum absolute atomic E-state index is 0.150. The second kappa shape index (κ2) is 6.96. The average Bonchev–Trinajstić information content (AvgIpc) is 2.31. The second-order valence-corrected chi connectivity index (χ2v) is 3.93. The fourth-order valence-electron chi connectivity index (χ4n) is 1.28. The van der Waals surface area contributed by atoms with Gasteiger partial charge in [0.2, 0.25) is 5.91 Å². The molecule has 0 atom stereocenters. The van der Waals surface area contributed by atoms with E-state index in [1.54, 1.807) is 6.92 Å². The first-order valence-corrected chi connectivity index (χ1v) is 5.77. The largest absolute Gasteiger partial charge is 0.465 e. The summed E-state index contributed by atoms with van der Waals surface area (Å²) in [5, 5.41) is 2.61. The quantitative estimate of drug-likeness (QED) is 0.831. The highest BCUT2D eigenvalue weighted by atomic mass is 35.5. The van der Waals surface area contributed by atoms with Crippen LogP contribution in [0.4, 0.5) is 4.39 Å². The monoisotopic (exact) mass is 273 g/mol. The van der Waals surface area contributed by atoms with Crippen LogP contribution in [0.5, 0.6) is 0 Å². The van der Waals surface area contributed by atoms with Crippen molar-refractivity contribution in [3.05, 3.63) is 34.6 Å². The summed E-state index contributed by atoms with van der Waals surface area (Å²) in [4.78, 5) is 22.4. The van der Waals surface area contributed by atoms with Crippen LogP contribution in [0.15, 0.2) is 18.2 Å². The molecule has 1 amide bonds. The standard InChI is InChI=1S/C12H13ClFNO3/c1-2-18-12(17)7-15-11(16)5-8-3-4-9(13)6-10(8)14/h3-4,6H,2,5,7H2,1H3,(H,15,16). The van der Waals surface area contributed by atoms with Crippen molar-refractivity contribution in [3.8, 4) is 0 Å². The number of halogens is 2. The molecule has 1 aromatic rings. The number of carbonyl (C=O) groups excluding carboxylic acids is 2. The second-order valence-electron chi connectivity index (χ2n) is 3.49. The fourth-order valence-corrected chi connectivity index (χ4v) is 1.44. The van der Waals surface area contributed by atoms with Crippen molar-refractivity contribution in [1.29, 1.82) is 0 Å². The van der Waals surface area contributed by atoms with Crippen LogP contribution in [-0.4, -0.2) is 25.0 Å². The third-order valence-corrected chi connectivity index (χ3v) is 2.34. The highest BCUT2D eigenvalue weighted by molar-refractivity contribution is 6.30.